The predicted octanol–water partition coefficient (Wildman–Crippen LogP) is 6.84. The maximum atomic E-state index is 14.4. The SMILES string of the molecule is Fc1cc(Oc2ncccc2-c2ccnc(NC3CCCCC3)n2)ccc1NSCC(F)(F)F. The number of hydrogen-bond donors (Lipinski definition) is 2. The van der Waals surface area contributed by atoms with E-state index in [0.29, 0.717) is 35.2 Å². The molecule has 11 heteroatoms. The molecule has 0 unspecified atom stereocenters. The van der Waals surface area contributed by atoms with Crippen molar-refractivity contribution in [2.24, 2.45) is 0 Å². The number of pyridine rings is 1. The third kappa shape index (κ3) is 6.72. The average molecular weight is 494 g/mol. The zero-order valence-electron chi connectivity index (χ0n) is 18.1. The molecule has 2 N–H and O–H groups in total. The van der Waals surface area contributed by atoms with E-state index in [2.05, 4.69) is 25.0 Å². The Morgan fingerprint density at radius 2 is 1.85 bits per heavy atom. The molecule has 4 rings (SSSR count). The van der Waals surface area contributed by atoms with E-state index in [-0.39, 0.29) is 17.3 Å². The molecule has 0 aliphatic heterocycles. The molecule has 0 saturated heterocycles. The van der Waals surface area contributed by atoms with Crippen molar-refractivity contribution in [3.05, 3.63) is 54.6 Å². The van der Waals surface area contributed by atoms with Crippen LogP contribution in [0.2, 0.25) is 0 Å². The molecule has 0 amide bonds. The van der Waals surface area contributed by atoms with Gasteiger partial charge in [0.25, 0.3) is 0 Å². The Morgan fingerprint density at radius 3 is 2.62 bits per heavy atom. The first kappa shape index (κ1) is 24.1. The zero-order valence-corrected chi connectivity index (χ0v) is 18.9. The molecule has 1 aromatic carbocycles. The Bertz CT molecular complexity index is 1110. The van der Waals surface area contributed by atoms with Gasteiger partial charge in [-0.15, -0.1) is 0 Å². The lowest BCUT2D eigenvalue weighted by Crippen LogP contribution is -2.23. The standard InChI is InChI=1S/C23H23F4N5OS/c24-18-13-16(8-9-20(18)32-34-14-23(25,26)27)33-21-17(7-4-11-28-21)19-10-12-29-22(31-19)30-15-5-2-1-3-6-15/h4,7-13,15,32H,1-3,5-6,14H2,(H,29,30,31). The molecule has 0 bridgehead atoms. The number of halogens is 4. The molecule has 6 nitrogen and oxygen atoms in total. The number of nitrogens with zero attached hydrogens (tertiary/aromatic N) is 3. The number of alkyl halides is 3. The van der Waals surface area contributed by atoms with Gasteiger partial charge in [0.1, 0.15) is 11.5 Å². The van der Waals surface area contributed by atoms with Gasteiger partial charge < -0.3 is 14.8 Å². The van der Waals surface area contributed by atoms with Gasteiger partial charge >= 0.3 is 6.18 Å². The summed E-state index contributed by atoms with van der Waals surface area (Å²) < 4.78 is 59.4. The molecule has 1 saturated carbocycles. The number of hydrogen-bond acceptors (Lipinski definition) is 7. The summed E-state index contributed by atoms with van der Waals surface area (Å²) in [6.45, 7) is 0. The Labute approximate surface area is 198 Å². The average Bonchev–Trinajstić information content (AvgIpc) is 2.81. The van der Waals surface area contributed by atoms with E-state index in [4.69, 9.17) is 4.74 Å². The molecule has 1 aliphatic rings. The van der Waals surface area contributed by atoms with Crippen LogP contribution in [-0.4, -0.2) is 32.9 Å². The number of nitrogens with one attached hydrogen (secondary N) is 2. The molecule has 1 aliphatic carbocycles. The van der Waals surface area contributed by atoms with Gasteiger partial charge in [0.2, 0.25) is 11.8 Å². The molecular weight excluding hydrogens is 470 g/mol. The Balaban J connectivity index is 1.48. The van der Waals surface area contributed by atoms with Crippen LogP contribution in [-0.2, 0) is 0 Å². The highest BCUT2D eigenvalue weighted by Gasteiger charge is 2.27. The highest BCUT2D eigenvalue weighted by atomic mass is 32.2. The Kier molecular flexibility index (Phi) is 7.71. The third-order valence-corrected chi connectivity index (χ3v) is 6.05. The summed E-state index contributed by atoms with van der Waals surface area (Å²) in [5.74, 6) is -0.990. The molecular formula is C23H23F4N5OS. The Hall–Kier alpha value is -3.08. The second kappa shape index (κ2) is 10.9. The predicted molar refractivity (Wildman–Crippen MR) is 124 cm³/mol. The second-order valence-corrected chi connectivity index (χ2v) is 8.63. The minimum Gasteiger partial charge on any atom is -0.438 e. The quantitative estimate of drug-likeness (QED) is 0.263. The molecule has 180 valence electrons. The van der Waals surface area contributed by atoms with Crippen molar-refractivity contribution in [2.45, 2.75) is 44.3 Å². The molecule has 0 radical (unpaired) electrons. The van der Waals surface area contributed by atoms with Crippen molar-refractivity contribution < 1.29 is 22.3 Å². The fourth-order valence-electron chi connectivity index (χ4n) is 3.62. The Morgan fingerprint density at radius 1 is 1.03 bits per heavy atom. The van der Waals surface area contributed by atoms with Gasteiger partial charge in [-0.05, 0) is 55.1 Å². The number of aromatic nitrogens is 3. The van der Waals surface area contributed by atoms with Gasteiger partial charge in [0, 0.05) is 24.5 Å². The lowest BCUT2D eigenvalue weighted by atomic mass is 9.96. The summed E-state index contributed by atoms with van der Waals surface area (Å²) in [7, 11) is 0. The van der Waals surface area contributed by atoms with Crippen LogP contribution in [0, 0.1) is 5.82 Å². The molecule has 3 aromatic rings. The van der Waals surface area contributed by atoms with E-state index in [9.17, 15) is 17.6 Å². The van der Waals surface area contributed by atoms with Gasteiger partial charge in [-0.25, -0.2) is 19.3 Å². The first-order chi connectivity index (χ1) is 16.4. The van der Waals surface area contributed by atoms with Crippen LogP contribution in [0.3, 0.4) is 0 Å². The monoisotopic (exact) mass is 493 g/mol. The van der Waals surface area contributed by atoms with Crippen LogP contribution >= 0.6 is 11.9 Å². The van der Waals surface area contributed by atoms with Crippen LogP contribution < -0.4 is 14.8 Å². The minimum absolute atomic E-state index is 0.0722. The van der Waals surface area contributed by atoms with Gasteiger partial charge in [-0.2, -0.15) is 13.2 Å². The number of benzene rings is 1. The zero-order chi connectivity index (χ0) is 24.0. The third-order valence-electron chi connectivity index (χ3n) is 5.21. The highest BCUT2D eigenvalue weighted by Crippen LogP contribution is 2.33. The lowest BCUT2D eigenvalue weighted by molar-refractivity contribution is -0.105. The first-order valence-corrected chi connectivity index (χ1v) is 11.8. The van der Waals surface area contributed by atoms with Crippen molar-refractivity contribution in [3.8, 4) is 22.9 Å². The van der Waals surface area contributed by atoms with Crippen molar-refractivity contribution in [2.75, 3.05) is 15.8 Å². The van der Waals surface area contributed by atoms with Crippen molar-refractivity contribution in [1.82, 2.24) is 15.0 Å². The second-order valence-electron chi connectivity index (χ2n) is 7.85. The fourth-order valence-corrected chi connectivity index (χ4v) is 4.18. The van der Waals surface area contributed by atoms with Gasteiger partial charge in [-0.1, -0.05) is 19.3 Å². The topological polar surface area (TPSA) is 72.0 Å². The summed E-state index contributed by atoms with van der Waals surface area (Å²) in [5.41, 5.74) is 1.12. The first-order valence-electron chi connectivity index (χ1n) is 10.8. The molecule has 1 fully saturated rings. The van der Waals surface area contributed by atoms with Gasteiger partial charge in [0.05, 0.1) is 16.9 Å². The van der Waals surface area contributed by atoms with E-state index < -0.39 is 17.7 Å². The van der Waals surface area contributed by atoms with Gasteiger partial charge in [-0.3, -0.25) is 0 Å². The normalized spacial score (nSPS) is 14.6. The number of anilines is 2. The summed E-state index contributed by atoms with van der Waals surface area (Å²) in [5, 5.41) is 3.39. The molecule has 2 aromatic heterocycles. The maximum Gasteiger partial charge on any atom is 0.399 e. The summed E-state index contributed by atoms with van der Waals surface area (Å²) in [6.07, 6.45) is 4.64. The molecule has 34 heavy (non-hydrogen) atoms. The van der Waals surface area contributed by atoms with E-state index in [1.54, 1.807) is 30.6 Å². The van der Waals surface area contributed by atoms with Crippen LogP contribution in [0.25, 0.3) is 11.3 Å². The van der Waals surface area contributed by atoms with Crippen LogP contribution in [0.1, 0.15) is 32.1 Å². The molecule has 0 atom stereocenters. The molecule has 2 heterocycles. The van der Waals surface area contributed by atoms with Crippen LogP contribution in [0.15, 0.2) is 48.8 Å². The smallest absolute Gasteiger partial charge is 0.399 e. The van der Waals surface area contributed by atoms with E-state index in [1.807, 2.05) is 0 Å². The fraction of sp³-hybridized carbons (Fsp3) is 0.348. The molecule has 0 spiro atoms. The van der Waals surface area contributed by atoms with E-state index in [1.165, 1.54) is 31.4 Å². The highest BCUT2D eigenvalue weighted by molar-refractivity contribution is 8.00. The van der Waals surface area contributed by atoms with Crippen molar-refractivity contribution in [1.29, 1.82) is 0 Å². The van der Waals surface area contributed by atoms with Crippen LogP contribution in [0.4, 0.5) is 29.2 Å². The van der Waals surface area contributed by atoms with Crippen LogP contribution in [0.5, 0.6) is 11.6 Å². The lowest BCUT2D eigenvalue weighted by Gasteiger charge is -2.22. The minimum atomic E-state index is -4.35. The largest absolute Gasteiger partial charge is 0.438 e. The van der Waals surface area contributed by atoms with Crippen molar-refractivity contribution in [3.63, 3.8) is 0 Å². The summed E-state index contributed by atoms with van der Waals surface area (Å²) >= 11 is 0.362. The van der Waals surface area contributed by atoms with E-state index in [0.717, 1.165) is 18.9 Å². The summed E-state index contributed by atoms with van der Waals surface area (Å²) in [4.78, 5) is 13.2. The van der Waals surface area contributed by atoms with Gasteiger partial charge in [0.15, 0.2) is 5.82 Å². The summed E-state index contributed by atoms with van der Waals surface area (Å²) in [6, 6.07) is 9.46. The van der Waals surface area contributed by atoms with E-state index >= 15 is 0 Å². The number of rotatable bonds is 8. The number of ether oxygens (including phenoxy) is 1. The van der Waals surface area contributed by atoms with Crippen molar-refractivity contribution >= 4 is 23.6 Å². The maximum absolute atomic E-state index is 14.4.